The van der Waals surface area contributed by atoms with E-state index in [0.717, 1.165) is 43.5 Å². The average molecular weight is 354 g/mol. The van der Waals surface area contributed by atoms with E-state index in [2.05, 4.69) is 4.98 Å². The molecule has 0 bridgehead atoms. The maximum absolute atomic E-state index is 12.4. The molecule has 0 N–H and O–H groups in total. The summed E-state index contributed by atoms with van der Waals surface area (Å²) in [6.07, 6.45) is 6.39. The number of pyridine rings is 1. The zero-order chi connectivity index (χ0) is 18.2. The Morgan fingerprint density at radius 3 is 2.73 bits per heavy atom. The van der Waals surface area contributed by atoms with Crippen molar-refractivity contribution in [3.05, 3.63) is 48.2 Å². The summed E-state index contributed by atoms with van der Waals surface area (Å²) >= 11 is 0. The van der Waals surface area contributed by atoms with Gasteiger partial charge in [-0.2, -0.15) is 0 Å². The third-order valence-corrected chi connectivity index (χ3v) is 4.50. The summed E-state index contributed by atoms with van der Waals surface area (Å²) in [5.41, 5.74) is 0.904. The molecule has 1 aliphatic rings. The van der Waals surface area contributed by atoms with Crippen LogP contribution >= 0.6 is 0 Å². The lowest BCUT2D eigenvalue weighted by atomic mass is 10.1. The van der Waals surface area contributed by atoms with Crippen molar-refractivity contribution in [2.45, 2.75) is 45.6 Å². The minimum Gasteiger partial charge on any atom is -0.490 e. The number of benzene rings is 1. The number of fused-ring (bicyclic) bond motifs is 2. The van der Waals surface area contributed by atoms with E-state index in [-0.39, 0.29) is 5.91 Å². The van der Waals surface area contributed by atoms with Gasteiger partial charge in [0, 0.05) is 24.7 Å². The number of para-hydroxylation sites is 2. The molecular formula is C21H26N2O3. The maximum Gasteiger partial charge on any atom is 0.224 e. The fraction of sp³-hybridized carbons (Fsp3) is 0.429. The van der Waals surface area contributed by atoms with E-state index < -0.39 is 0 Å². The second-order valence-corrected chi connectivity index (χ2v) is 6.45. The molecule has 0 spiro atoms. The van der Waals surface area contributed by atoms with Crippen LogP contribution in [0.25, 0.3) is 0 Å². The number of nitrogens with zero attached hydrogens (tertiary/aromatic N) is 2. The van der Waals surface area contributed by atoms with Crippen molar-refractivity contribution >= 4 is 5.91 Å². The predicted octanol–water partition coefficient (Wildman–Crippen LogP) is 4.57. The van der Waals surface area contributed by atoms with E-state index in [1.54, 1.807) is 6.20 Å². The van der Waals surface area contributed by atoms with Gasteiger partial charge in [-0.15, -0.1) is 0 Å². The van der Waals surface area contributed by atoms with Crippen LogP contribution in [-0.2, 0) is 11.3 Å². The van der Waals surface area contributed by atoms with Gasteiger partial charge in [-0.25, -0.2) is 4.98 Å². The van der Waals surface area contributed by atoms with Gasteiger partial charge in [0.15, 0.2) is 11.5 Å². The molecule has 1 aromatic carbocycles. The molecule has 1 aromatic heterocycles. The first-order valence-electron chi connectivity index (χ1n) is 9.39. The Morgan fingerprint density at radius 2 is 1.88 bits per heavy atom. The third-order valence-electron chi connectivity index (χ3n) is 4.50. The minimum absolute atomic E-state index is 0.163. The summed E-state index contributed by atoms with van der Waals surface area (Å²) in [5.74, 6) is 2.06. The van der Waals surface area contributed by atoms with Crippen LogP contribution in [0.15, 0.2) is 42.6 Å². The highest BCUT2D eigenvalue weighted by Gasteiger charge is 2.17. The molecule has 5 nitrogen and oxygen atoms in total. The lowest BCUT2D eigenvalue weighted by molar-refractivity contribution is -0.131. The molecular weight excluding hydrogens is 328 g/mol. The van der Waals surface area contributed by atoms with Crippen LogP contribution < -0.4 is 9.47 Å². The lowest BCUT2D eigenvalue weighted by Gasteiger charge is -2.24. The number of rotatable bonds is 1. The summed E-state index contributed by atoms with van der Waals surface area (Å²) in [4.78, 5) is 18.7. The molecule has 5 heteroatoms. The van der Waals surface area contributed by atoms with Gasteiger partial charge in [0.05, 0.1) is 13.2 Å². The summed E-state index contributed by atoms with van der Waals surface area (Å²) in [6, 6.07) is 11.5. The molecule has 2 heterocycles. The van der Waals surface area contributed by atoms with Crippen molar-refractivity contribution in [2.75, 3.05) is 13.2 Å². The number of ether oxygens (including phenoxy) is 2. The Bertz CT molecular complexity index is 733. The van der Waals surface area contributed by atoms with Gasteiger partial charge in [0.25, 0.3) is 0 Å². The minimum atomic E-state index is 0.163. The Balaban J connectivity index is 1.91. The van der Waals surface area contributed by atoms with Gasteiger partial charge in [-0.3, -0.25) is 4.79 Å². The van der Waals surface area contributed by atoms with Crippen molar-refractivity contribution in [3.8, 4) is 17.4 Å². The van der Waals surface area contributed by atoms with E-state index in [9.17, 15) is 4.79 Å². The summed E-state index contributed by atoms with van der Waals surface area (Å²) in [6.45, 7) is 3.84. The fourth-order valence-electron chi connectivity index (χ4n) is 3.06. The Hall–Kier alpha value is -2.56. The number of aromatic nitrogens is 1. The largest absolute Gasteiger partial charge is 0.490 e. The van der Waals surface area contributed by atoms with Crippen molar-refractivity contribution in [1.29, 1.82) is 0 Å². The number of carbonyl (C=O) groups is 1. The third kappa shape index (κ3) is 4.75. The van der Waals surface area contributed by atoms with Gasteiger partial charge in [-0.05, 0) is 31.0 Å². The number of amides is 1. The molecule has 0 aliphatic carbocycles. The first kappa shape index (κ1) is 18.2. The maximum atomic E-state index is 12.4. The smallest absolute Gasteiger partial charge is 0.224 e. The van der Waals surface area contributed by atoms with Crippen molar-refractivity contribution in [2.24, 2.45) is 0 Å². The monoisotopic (exact) mass is 354 g/mol. The van der Waals surface area contributed by atoms with Gasteiger partial charge >= 0.3 is 0 Å². The number of hydrogen-bond donors (Lipinski definition) is 0. The van der Waals surface area contributed by atoms with Crippen molar-refractivity contribution in [1.82, 2.24) is 9.88 Å². The molecule has 0 fully saturated rings. The van der Waals surface area contributed by atoms with Crippen LogP contribution in [0.1, 0.15) is 44.6 Å². The van der Waals surface area contributed by atoms with Gasteiger partial charge in [0.2, 0.25) is 11.8 Å². The number of hydrogen-bond acceptors (Lipinski definition) is 4. The van der Waals surface area contributed by atoms with Crippen LogP contribution in [-0.4, -0.2) is 28.9 Å². The molecule has 3 rings (SSSR count). The Kier molecular flexibility index (Phi) is 6.47. The van der Waals surface area contributed by atoms with Crippen molar-refractivity contribution in [3.63, 3.8) is 0 Å². The summed E-state index contributed by atoms with van der Waals surface area (Å²) < 4.78 is 12.0. The molecule has 1 aliphatic heterocycles. The van der Waals surface area contributed by atoms with E-state index >= 15 is 0 Å². The predicted molar refractivity (Wildman–Crippen MR) is 100 cm³/mol. The van der Waals surface area contributed by atoms with E-state index in [1.807, 2.05) is 48.2 Å². The normalized spacial score (nSPS) is 15.7. The van der Waals surface area contributed by atoms with Crippen LogP contribution in [0.5, 0.6) is 17.4 Å². The quantitative estimate of drug-likeness (QED) is 0.753. The summed E-state index contributed by atoms with van der Waals surface area (Å²) in [7, 11) is 0. The van der Waals surface area contributed by atoms with Crippen molar-refractivity contribution < 1.29 is 14.3 Å². The van der Waals surface area contributed by atoms with Crippen LogP contribution in [0.3, 0.4) is 0 Å². The first-order chi connectivity index (χ1) is 12.8. The molecule has 0 radical (unpaired) electrons. The summed E-state index contributed by atoms with van der Waals surface area (Å²) in [5, 5.41) is 0. The second kappa shape index (κ2) is 9.22. The van der Waals surface area contributed by atoms with Crippen LogP contribution in [0, 0.1) is 0 Å². The van der Waals surface area contributed by atoms with E-state index in [4.69, 9.17) is 9.47 Å². The molecule has 0 unspecified atom stereocenters. The molecule has 0 saturated heterocycles. The van der Waals surface area contributed by atoms with Crippen LogP contribution in [0.4, 0.5) is 0 Å². The molecule has 26 heavy (non-hydrogen) atoms. The molecule has 1 amide bonds. The first-order valence-corrected chi connectivity index (χ1v) is 9.39. The highest BCUT2D eigenvalue weighted by Crippen LogP contribution is 2.32. The molecule has 0 atom stereocenters. The Labute approximate surface area is 155 Å². The van der Waals surface area contributed by atoms with Gasteiger partial charge in [-0.1, -0.05) is 38.0 Å². The topological polar surface area (TPSA) is 51.7 Å². The van der Waals surface area contributed by atoms with Crippen LogP contribution in [0.2, 0.25) is 0 Å². The zero-order valence-electron chi connectivity index (χ0n) is 15.3. The van der Waals surface area contributed by atoms with E-state index in [0.29, 0.717) is 31.2 Å². The SMILES string of the molecule is CCC(=O)N1CCCCCCOc2ccccc2Oc2ncccc2C1. The fourth-order valence-corrected chi connectivity index (χ4v) is 3.06. The zero-order valence-corrected chi connectivity index (χ0v) is 15.3. The Morgan fingerprint density at radius 1 is 1.08 bits per heavy atom. The van der Waals surface area contributed by atoms with Gasteiger partial charge < -0.3 is 14.4 Å². The molecule has 0 saturated carbocycles. The molecule has 138 valence electrons. The highest BCUT2D eigenvalue weighted by molar-refractivity contribution is 5.75. The second-order valence-electron chi connectivity index (χ2n) is 6.45. The lowest BCUT2D eigenvalue weighted by Crippen LogP contribution is -2.31. The van der Waals surface area contributed by atoms with E-state index in [1.165, 1.54) is 0 Å². The van der Waals surface area contributed by atoms with Gasteiger partial charge in [0.1, 0.15) is 0 Å². The molecule has 2 aromatic rings. The standard InChI is InChI=1S/C21H26N2O3/c1-2-20(24)23-14-7-3-4-8-15-25-18-11-5-6-12-19(18)26-21-17(16-23)10-9-13-22-21/h5-6,9-13H,2-4,7-8,14-16H2,1H3. The average Bonchev–Trinajstić information content (AvgIpc) is 2.67. The number of carbonyl (C=O) groups excluding carboxylic acids is 1. The highest BCUT2D eigenvalue weighted by atomic mass is 16.5.